The van der Waals surface area contributed by atoms with E-state index >= 15 is 0 Å². The lowest BCUT2D eigenvalue weighted by molar-refractivity contribution is -0.125. The quantitative estimate of drug-likeness (QED) is 0.652. The van der Waals surface area contributed by atoms with Gasteiger partial charge in [-0.05, 0) is 17.0 Å². The van der Waals surface area contributed by atoms with Gasteiger partial charge in [-0.3, -0.25) is 4.79 Å². The molecule has 0 saturated heterocycles. The van der Waals surface area contributed by atoms with E-state index in [0.29, 0.717) is 4.88 Å². The summed E-state index contributed by atoms with van der Waals surface area (Å²) < 4.78 is 5.08. The minimum atomic E-state index is -1.27. The number of amides is 2. The highest BCUT2D eigenvalue weighted by molar-refractivity contribution is 7.10. The van der Waals surface area contributed by atoms with Gasteiger partial charge in [0.1, 0.15) is 25.3 Å². The van der Waals surface area contributed by atoms with Gasteiger partial charge in [0, 0.05) is 4.88 Å². The maximum atomic E-state index is 12.2. The summed E-state index contributed by atoms with van der Waals surface area (Å²) in [6, 6.07) is 12.9. The Morgan fingerprint density at radius 1 is 1.24 bits per heavy atom. The van der Waals surface area contributed by atoms with Crippen molar-refractivity contribution in [3.8, 4) is 6.07 Å². The topological polar surface area (TPSA) is 111 Å². The third-order valence-electron chi connectivity index (χ3n) is 3.26. The summed E-state index contributed by atoms with van der Waals surface area (Å²) in [6.07, 6.45) is -2.08. The number of nitriles is 1. The monoisotopic (exact) mass is 359 g/mol. The number of alkyl carbamates (subject to hydrolysis) is 1. The van der Waals surface area contributed by atoms with E-state index in [1.54, 1.807) is 35.7 Å². The van der Waals surface area contributed by atoms with Crippen LogP contribution in [0.5, 0.6) is 0 Å². The van der Waals surface area contributed by atoms with E-state index in [1.807, 2.05) is 18.2 Å². The smallest absolute Gasteiger partial charge is 0.408 e. The second kappa shape index (κ2) is 9.42. The third kappa shape index (κ3) is 5.60. The Bertz CT molecular complexity index is 728. The fraction of sp³-hybridized carbons (Fsp3) is 0.235. The average molecular weight is 359 g/mol. The minimum absolute atomic E-state index is 0.0360. The van der Waals surface area contributed by atoms with E-state index in [0.717, 1.165) is 5.56 Å². The van der Waals surface area contributed by atoms with Crippen LogP contribution in [0.3, 0.4) is 0 Å². The summed E-state index contributed by atoms with van der Waals surface area (Å²) in [6.45, 7) is -0.193. The highest BCUT2D eigenvalue weighted by Crippen LogP contribution is 2.22. The number of rotatable bonds is 7. The molecule has 0 saturated carbocycles. The number of aliphatic hydroxyl groups excluding tert-OH is 1. The molecule has 0 spiro atoms. The van der Waals surface area contributed by atoms with Gasteiger partial charge >= 0.3 is 6.09 Å². The molecule has 2 rings (SSSR count). The van der Waals surface area contributed by atoms with Gasteiger partial charge in [0.2, 0.25) is 5.91 Å². The zero-order valence-electron chi connectivity index (χ0n) is 13.2. The SMILES string of the molecule is N#CCNC(=O)[C@@H](NC(=O)OCc1ccccc1)[C@H](O)c1cccs1. The Morgan fingerprint density at radius 3 is 2.64 bits per heavy atom. The Hall–Kier alpha value is -2.89. The number of ether oxygens (including phenoxy) is 1. The van der Waals surface area contributed by atoms with E-state index in [9.17, 15) is 14.7 Å². The molecule has 25 heavy (non-hydrogen) atoms. The lowest BCUT2D eigenvalue weighted by atomic mass is 10.1. The Balaban J connectivity index is 2.00. The first-order valence-electron chi connectivity index (χ1n) is 7.45. The van der Waals surface area contributed by atoms with Crippen LogP contribution < -0.4 is 10.6 Å². The van der Waals surface area contributed by atoms with Gasteiger partial charge in [-0.15, -0.1) is 11.3 Å². The van der Waals surface area contributed by atoms with Crippen molar-refractivity contribution in [2.75, 3.05) is 6.54 Å². The van der Waals surface area contributed by atoms with Crippen molar-refractivity contribution in [3.05, 3.63) is 58.3 Å². The summed E-state index contributed by atoms with van der Waals surface area (Å²) >= 11 is 1.25. The molecule has 8 heteroatoms. The molecule has 0 unspecified atom stereocenters. The second-order valence-corrected chi connectivity index (χ2v) is 6.00. The first-order chi connectivity index (χ1) is 12.1. The number of nitrogens with zero attached hydrogens (tertiary/aromatic N) is 1. The number of carbonyl (C=O) groups is 2. The molecular weight excluding hydrogens is 342 g/mol. The van der Waals surface area contributed by atoms with Crippen LogP contribution in [0.15, 0.2) is 47.8 Å². The molecule has 1 heterocycles. The molecule has 2 amide bonds. The van der Waals surface area contributed by atoms with Crippen molar-refractivity contribution in [1.82, 2.24) is 10.6 Å². The van der Waals surface area contributed by atoms with E-state index in [1.165, 1.54) is 11.3 Å². The molecule has 0 aliphatic rings. The normalized spacial score (nSPS) is 12.5. The van der Waals surface area contributed by atoms with Gasteiger partial charge in [0.25, 0.3) is 0 Å². The lowest BCUT2D eigenvalue weighted by Gasteiger charge is -2.22. The summed E-state index contributed by atoms with van der Waals surface area (Å²) in [7, 11) is 0. The van der Waals surface area contributed by atoms with Gasteiger partial charge in [-0.1, -0.05) is 36.4 Å². The fourth-order valence-electron chi connectivity index (χ4n) is 2.04. The zero-order valence-corrected chi connectivity index (χ0v) is 14.0. The molecule has 0 aliphatic carbocycles. The van der Waals surface area contributed by atoms with E-state index < -0.39 is 24.1 Å². The molecule has 0 aliphatic heterocycles. The molecule has 1 aromatic carbocycles. The van der Waals surface area contributed by atoms with Crippen molar-refractivity contribution >= 4 is 23.3 Å². The molecule has 130 valence electrons. The predicted octanol–water partition coefficient (Wildman–Crippen LogP) is 1.72. The van der Waals surface area contributed by atoms with Crippen LogP contribution in [0, 0.1) is 11.3 Å². The predicted molar refractivity (Wildman–Crippen MR) is 91.5 cm³/mol. The molecule has 0 radical (unpaired) electrons. The largest absolute Gasteiger partial charge is 0.445 e. The summed E-state index contributed by atoms with van der Waals surface area (Å²) in [4.78, 5) is 24.7. The third-order valence-corrected chi connectivity index (χ3v) is 4.20. The standard InChI is InChI=1S/C17H17N3O4S/c18-8-9-19-16(22)14(15(21)13-7-4-10-25-13)20-17(23)24-11-12-5-2-1-3-6-12/h1-7,10,14-15,21H,9,11H2,(H,19,22)(H,20,23)/t14-,15+/m0/s1. The summed E-state index contributed by atoms with van der Waals surface area (Å²) in [5.41, 5.74) is 0.793. The Kier molecular flexibility index (Phi) is 6.95. The van der Waals surface area contributed by atoms with Gasteiger partial charge < -0.3 is 20.5 Å². The van der Waals surface area contributed by atoms with Crippen molar-refractivity contribution in [2.24, 2.45) is 0 Å². The number of carbonyl (C=O) groups excluding carboxylic acids is 2. The number of nitrogens with one attached hydrogen (secondary N) is 2. The fourth-order valence-corrected chi connectivity index (χ4v) is 2.79. The van der Waals surface area contributed by atoms with Crippen molar-refractivity contribution < 1.29 is 19.4 Å². The summed E-state index contributed by atoms with van der Waals surface area (Å²) in [5.74, 6) is -0.667. The lowest BCUT2D eigenvalue weighted by Crippen LogP contribution is -2.50. The average Bonchev–Trinajstić information content (AvgIpc) is 3.17. The number of aliphatic hydroxyl groups is 1. The highest BCUT2D eigenvalue weighted by atomic mass is 32.1. The zero-order chi connectivity index (χ0) is 18.1. The highest BCUT2D eigenvalue weighted by Gasteiger charge is 2.30. The van der Waals surface area contributed by atoms with E-state index in [-0.39, 0.29) is 13.2 Å². The van der Waals surface area contributed by atoms with Crippen molar-refractivity contribution in [3.63, 3.8) is 0 Å². The molecule has 2 atom stereocenters. The Morgan fingerprint density at radius 2 is 2.00 bits per heavy atom. The van der Waals surface area contributed by atoms with E-state index in [4.69, 9.17) is 10.00 Å². The summed E-state index contributed by atoms with van der Waals surface area (Å²) in [5, 5.41) is 25.4. The number of benzene rings is 1. The maximum absolute atomic E-state index is 12.2. The first kappa shape index (κ1) is 18.4. The van der Waals surface area contributed by atoms with Crippen LogP contribution in [0.1, 0.15) is 16.5 Å². The molecule has 1 aromatic heterocycles. The van der Waals surface area contributed by atoms with Crippen LogP contribution >= 0.6 is 11.3 Å². The van der Waals surface area contributed by atoms with Crippen LogP contribution in [-0.4, -0.2) is 29.7 Å². The molecular formula is C17H17N3O4S. The molecule has 7 nitrogen and oxygen atoms in total. The molecule has 2 aromatic rings. The minimum Gasteiger partial charge on any atom is -0.445 e. The van der Waals surface area contributed by atoms with Crippen LogP contribution in [-0.2, 0) is 16.1 Å². The molecule has 0 fully saturated rings. The molecule has 0 bridgehead atoms. The van der Waals surface area contributed by atoms with Gasteiger partial charge in [-0.25, -0.2) is 4.79 Å². The first-order valence-corrected chi connectivity index (χ1v) is 8.33. The van der Waals surface area contributed by atoms with Crippen molar-refractivity contribution in [2.45, 2.75) is 18.8 Å². The maximum Gasteiger partial charge on any atom is 0.408 e. The number of hydrogen-bond donors (Lipinski definition) is 3. The molecule has 3 N–H and O–H groups in total. The number of hydrogen-bond acceptors (Lipinski definition) is 6. The van der Waals surface area contributed by atoms with Crippen LogP contribution in [0.4, 0.5) is 4.79 Å². The van der Waals surface area contributed by atoms with Gasteiger partial charge in [0.15, 0.2) is 0 Å². The van der Waals surface area contributed by atoms with Gasteiger partial charge in [0.05, 0.1) is 6.07 Å². The number of thiophene rings is 1. The van der Waals surface area contributed by atoms with Crippen LogP contribution in [0.25, 0.3) is 0 Å². The Labute approximate surface area is 148 Å². The van der Waals surface area contributed by atoms with Gasteiger partial charge in [-0.2, -0.15) is 5.26 Å². The van der Waals surface area contributed by atoms with E-state index in [2.05, 4.69) is 10.6 Å². The second-order valence-electron chi connectivity index (χ2n) is 5.02. The van der Waals surface area contributed by atoms with Crippen molar-refractivity contribution in [1.29, 1.82) is 5.26 Å². The van der Waals surface area contributed by atoms with Crippen LogP contribution in [0.2, 0.25) is 0 Å².